The summed E-state index contributed by atoms with van der Waals surface area (Å²) in [7, 11) is 0. The largest absolute Gasteiger partial charge is 1.00 e. The first-order valence-electron chi connectivity index (χ1n) is 6.39. The predicted molar refractivity (Wildman–Crippen MR) is 73.5 cm³/mol. The van der Waals surface area contributed by atoms with Crippen LogP contribution in [0.5, 0.6) is 0 Å². The van der Waals surface area contributed by atoms with Crippen molar-refractivity contribution in [2.45, 2.75) is 13.1 Å². The van der Waals surface area contributed by atoms with E-state index in [-0.39, 0.29) is 17.0 Å². The van der Waals surface area contributed by atoms with Crippen molar-refractivity contribution in [3.05, 3.63) is 84.4 Å². The Hall–Kier alpha value is -1.94. The van der Waals surface area contributed by atoms with E-state index in [1.54, 1.807) is 0 Å². The average Bonchev–Trinajstić information content (AvgIpc) is 2.88. The summed E-state index contributed by atoms with van der Waals surface area (Å²) in [4.78, 5) is 0. The molecule has 0 saturated heterocycles. The predicted octanol–water partition coefficient (Wildman–Crippen LogP) is -0.729. The quantitative estimate of drug-likeness (QED) is 0.578. The molecule has 0 aliphatic rings. The maximum absolute atomic E-state index is 4.39. The zero-order chi connectivity index (χ0) is 12.9. The number of hydrogen-bond acceptors (Lipinski definition) is 1. The molecule has 3 aromatic rings. The lowest BCUT2D eigenvalue weighted by Gasteiger charge is -1.96. The summed E-state index contributed by atoms with van der Waals surface area (Å²) >= 11 is 0. The normalized spacial score (nSPS) is 10.0. The van der Waals surface area contributed by atoms with Crippen molar-refractivity contribution in [1.82, 2.24) is 9.67 Å². The van der Waals surface area contributed by atoms with Gasteiger partial charge in [0.15, 0.2) is 0 Å². The molecule has 2 aromatic carbocycles. The van der Waals surface area contributed by atoms with Gasteiger partial charge in [-0.05, 0) is 16.2 Å². The van der Waals surface area contributed by atoms with Crippen molar-refractivity contribution in [2.24, 2.45) is 0 Å². The standard InChI is InChI=1S/C16H16N3.BrH/c1-3-7-15(8-4-1)11-18-13-17-19(14-18)12-16-9-5-2-6-10-16;/h1-10,13-14H,11-12H2;1H/q+1;/p-1. The molecule has 102 valence electrons. The molecule has 0 radical (unpaired) electrons. The maximum Gasteiger partial charge on any atom is 0.266 e. The number of hydrogen-bond donors (Lipinski definition) is 0. The SMILES string of the molecule is [Br-].c1ccc(Cn2cn[n+](Cc3ccccc3)c2)cc1. The summed E-state index contributed by atoms with van der Waals surface area (Å²) in [6.07, 6.45) is 3.91. The van der Waals surface area contributed by atoms with Crippen LogP contribution < -0.4 is 21.7 Å². The van der Waals surface area contributed by atoms with Crippen molar-refractivity contribution in [3.63, 3.8) is 0 Å². The van der Waals surface area contributed by atoms with Crippen LogP contribution in [0.2, 0.25) is 0 Å². The van der Waals surface area contributed by atoms with Gasteiger partial charge in [0.25, 0.3) is 6.33 Å². The molecule has 3 rings (SSSR count). The summed E-state index contributed by atoms with van der Waals surface area (Å²) < 4.78 is 4.05. The Bertz CT molecular complexity index is 579. The van der Waals surface area contributed by atoms with Gasteiger partial charge in [-0.3, -0.25) is 0 Å². The van der Waals surface area contributed by atoms with Crippen molar-refractivity contribution in [3.8, 4) is 0 Å². The lowest BCUT2D eigenvalue weighted by molar-refractivity contribution is -0.744. The van der Waals surface area contributed by atoms with E-state index in [2.05, 4.69) is 58.2 Å². The van der Waals surface area contributed by atoms with Gasteiger partial charge in [0.05, 0.1) is 0 Å². The number of aromatic nitrogens is 3. The molecule has 1 heterocycles. The van der Waals surface area contributed by atoms with Gasteiger partial charge in [0.1, 0.15) is 13.1 Å². The molecule has 0 saturated carbocycles. The van der Waals surface area contributed by atoms with Crippen LogP contribution in [0.15, 0.2) is 73.3 Å². The minimum absolute atomic E-state index is 0. The zero-order valence-electron chi connectivity index (χ0n) is 11.1. The third-order valence-corrected chi connectivity index (χ3v) is 3.03. The highest BCUT2D eigenvalue weighted by Gasteiger charge is 2.06. The molecule has 0 bridgehead atoms. The van der Waals surface area contributed by atoms with E-state index in [9.17, 15) is 0 Å². The molecule has 0 aliphatic carbocycles. The van der Waals surface area contributed by atoms with Crippen molar-refractivity contribution in [1.29, 1.82) is 0 Å². The smallest absolute Gasteiger partial charge is 0.266 e. The summed E-state index contributed by atoms with van der Waals surface area (Å²) in [5, 5.41) is 4.39. The highest BCUT2D eigenvalue weighted by Crippen LogP contribution is 2.01. The first kappa shape index (κ1) is 14.5. The third-order valence-electron chi connectivity index (χ3n) is 3.03. The highest BCUT2D eigenvalue weighted by molar-refractivity contribution is 5.15. The van der Waals surface area contributed by atoms with Crippen LogP contribution in [0.3, 0.4) is 0 Å². The van der Waals surface area contributed by atoms with Gasteiger partial charge in [-0.25, -0.2) is 4.57 Å². The van der Waals surface area contributed by atoms with Gasteiger partial charge < -0.3 is 17.0 Å². The van der Waals surface area contributed by atoms with E-state index in [1.807, 2.05) is 29.5 Å². The molecular weight excluding hydrogens is 314 g/mol. The lowest BCUT2D eigenvalue weighted by Crippen LogP contribution is -3.00. The van der Waals surface area contributed by atoms with Crippen LogP contribution in [-0.2, 0) is 13.1 Å². The van der Waals surface area contributed by atoms with Crippen LogP contribution >= 0.6 is 0 Å². The van der Waals surface area contributed by atoms with Gasteiger partial charge in [-0.2, -0.15) is 0 Å². The van der Waals surface area contributed by atoms with E-state index >= 15 is 0 Å². The Kier molecular flexibility index (Phi) is 5.07. The Morgan fingerprint density at radius 2 is 1.45 bits per heavy atom. The second-order valence-electron chi connectivity index (χ2n) is 4.59. The van der Waals surface area contributed by atoms with Gasteiger partial charge >= 0.3 is 0 Å². The van der Waals surface area contributed by atoms with Crippen molar-refractivity contribution < 1.29 is 21.7 Å². The minimum atomic E-state index is 0. The van der Waals surface area contributed by atoms with Crippen LogP contribution in [-0.4, -0.2) is 9.67 Å². The maximum atomic E-state index is 4.39. The van der Waals surface area contributed by atoms with E-state index < -0.39 is 0 Å². The fraction of sp³-hybridized carbons (Fsp3) is 0.125. The Morgan fingerprint density at radius 3 is 2.10 bits per heavy atom. The molecule has 0 atom stereocenters. The topological polar surface area (TPSA) is 21.7 Å². The molecule has 0 aliphatic heterocycles. The zero-order valence-corrected chi connectivity index (χ0v) is 12.6. The minimum Gasteiger partial charge on any atom is -1.00 e. The molecule has 0 amide bonds. The fourth-order valence-electron chi connectivity index (χ4n) is 2.09. The van der Waals surface area contributed by atoms with Gasteiger partial charge in [0.2, 0.25) is 6.33 Å². The Morgan fingerprint density at radius 1 is 0.850 bits per heavy atom. The molecule has 3 nitrogen and oxygen atoms in total. The fourth-order valence-corrected chi connectivity index (χ4v) is 2.09. The second-order valence-corrected chi connectivity index (χ2v) is 4.59. The van der Waals surface area contributed by atoms with Crippen LogP contribution in [0.25, 0.3) is 0 Å². The molecule has 0 N–H and O–H groups in total. The van der Waals surface area contributed by atoms with Gasteiger partial charge in [-0.15, -0.1) is 4.68 Å². The second kappa shape index (κ2) is 7.01. The molecule has 4 heteroatoms. The summed E-state index contributed by atoms with van der Waals surface area (Å²) in [5.74, 6) is 0. The number of nitrogens with zero attached hydrogens (tertiary/aromatic N) is 3. The summed E-state index contributed by atoms with van der Waals surface area (Å²) in [6.45, 7) is 1.66. The highest BCUT2D eigenvalue weighted by atomic mass is 79.9. The third kappa shape index (κ3) is 3.78. The summed E-state index contributed by atoms with van der Waals surface area (Å²) in [6, 6.07) is 20.8. The average molecular weight is 330 g/mol. The Labute approximate surface area is 129 Å². The van der Waals surface area contributed by atoms with Gasteiger partial charge in [-0.1, -0.05) is 60.7 Å². The number of rotatable bonds is 4. The van der Waals surface area contributed by atoms with Gasteiger partial charge in [0, 0.05) is 0 Å². The first-order chi connectivity index (χ1) is 9.40. The van der Waals surface area contributed by atoms with Crippen molar-refractivity contribution in [2.75, 3.05) is 0 Å². The monoisotopic (exact) mass is 329 g/mol. The van der Waals surface area contributed by atoms with E-state index in [0.29, 0.717) is 0 Å². The van der Waals surface area contributed by atoms with Crippen LogP contribution in [0, 0.1) is 0 Å². The number of halogens is 1. The summed E-state index contributed by atoms with van der Waals surface area (Å²) in [5.41, 5.74) is 2.55. The van der Waals surface area contributed by atoms with Crippen molar-refractivity contribution >= 4 is 0 Å². The molecule has 0 spiro atoms. The van der Waals surface area contributed by atoms with Crippen LogP contribution in [0.1, 0.15) is 11.1 Å². The first-order valence-corrected chi connectivity index (χ1v) is 6.39. The van der Waals surface area contributed by atoms with Crippen LogP contribution in [0.4, 0.5) is 0 Å². The lowest BCUT2D eigenvalue weighted by atomic mass is 10.2. The molecular formula is C16H16BrN3. The molecule has 1 aromatic heterocycles. The Balaban J connectivity index is 0.00000147. The molecule has 0 unspecified atom stereocenters. The van der Waals surface area contributed by atoms with E-state index in [4.69, 9.17) is 0 Å². The van der Waals surface area contributed by atoms with E-state index in [1.165, 1.54) is 11.1 Å². The molecule has 0 fully saturated rings. The number of benzene rings is 2. The van der Waals surface area contributed by atoms with E-state index in [0.717, 1.165) is 13.1 Å². The molecule has 20 heavy (non-hydrogen) atoms.